The molecule has 1 aliphatic heterocycles. The highest BCUT2D eigenvalue weighted by Gasteiger charge is 2.32. The van der Waals surface area contributed by atoms with Crippen molar-refractivity contribution in [1.82, 2.24) is 19.5 Å². The summed E-state index contributed by atoms with van der Waals surface area (Å²) in [5.41, 5.74) is 1.49. The lowest BCUT2D eigenvalue weighted by Gasteiger charge is -2.36. The lowest BCUT2D eigenvalue weighted by atomic mass is 9.78. The van der Waals surface area contributed by atoms with Crippen LogP contribution in [-0.4, -0.2) is 62.4 Å². The van der Waals surface area contributed by atoms with Crippen molar-refractivity contribution in [3.8, 4) is 5.75 Å². The first-order valence-electron chi connectivity index (χ1n) is 12.1. The Labute approximate surface area is 208 Å². The Morgan fingerprint density at radius 2 is 2.14 bits per heavy atom. The van der Waals surface area contributed by atoms with E-state index < -0.39 is 0 Å². The van der Waals surface area contributed by atoms with E-state index in [4.69, 9.17) is 9.84 Å². The van der Waals surface area contributed by atoms with E-state index in [2.05, 4.69) is 28.5 Å². The predicted octanol–water partition coefficient (Wildman–Crippen LogP) is 1.64. The molecule has 186 valence electrons. The molecule has 3 heterocycles. The van der Waals surface area contributed by atoms with E-state index >= 15 is 0 Å². The third-order valence-corrected chi connectivity index (χ3v) is 7.21. The molecule has 10 heteroatoms. The van der Waals surface area contributed by atoms with Gasteiger partial charge in [-0.05, 0) is 37.3 Å². The molecule has 2 unspecified atom stereocenters. The zero-order valence-electron chi connectivity index (χ0n) is 20.9. The number of hydrogen-bond donors (Lipinski definition) is 1. The molecule has 0 spiro atoms. The molecule has 3 atom stereocenters. The molecular formula is C26H30N7O3+. The van der Waals surface area contributed by atoms with Crippen molar-refractivity contribution >= 4 is 35.6 Å². The number of fused-ring (bicyclic) bond motifs is 2. The number of ether oxygens (including phenoxy) is 1. The number of methoxy groups -OCH3 is 1. The average Bonchev–Trinajstić information content (AvgIpc) is 3.46. The van der Waals surface area contributed by atoms with Gasteiger partial charge in [0, 0.05) is 49.5 Å². The van der Waals surface area contributed by atoms with Crippen LogP contribution < -0.4 is 20.6 Å². The zero-order chi connectivity index (χ0) is 25.4. The molecule has 1 aromatic carbocycles. The van der Waals surface area contributed by atoms with Gasteiger partial charge in [-0.2, -0.15) is 5.10 Å². The number of hydrogen-bond acceptors (Lipinski definition) is 6. The maximum atomic E-state index is 13.2. The molecule has 10 nitrogen and oxygen atoms in total. The van der Waals surface area contributed by atoms with Gasteiger partial charge in [0.05, 0.1) is 24.1 Å². The summed E-state index contributed by atoms with van der Waals surface area (Å²) >= 11 is 0. The zero-order valence-corrected chi connectivity index (χ0v) is 20.9. The SMILES string of the molecule is COc1cc2c(cc1C(=O)Nc1cnn3cccnc13)=C/[N+](=C/C1CCC(N(C)C(C)=O)C[C@@H]1C)N=2. The summed E-state index contributed by atoms with van der Waals surface area (Å²) in [6.07, 6.45) is 12.0. The monoisotopic (exact) mass is 488 g/mol. The van der Waals surface area contributed by atoms with Crippen LogP contribution in [-0.2, 0) is 4.79 Å². The highest BCUT2D eigenvalue weighted by molar-refractivity contribution is 6.07. The van der Waals surface area contributed by atoms with E-state index in [9.17, 15) is 9.59 Å². The number of aromatic nitrogens is 3. The Kier molecular flexibility index (Phi) is 6.26. The summed E-state index contributed by atoms with van der Waals surface area (Å²) in [4.78, 5) is 31.1. The molecule has 1 N–H and O–H groups in total. The molecule has 1 saturated carbocycles. The average molecular weight is 489 g/mol. The number of carbonyl (C=O) groups excluding carboxylic acids is 2. The van der Waals surface area contributed by atoms with Gasteiger partial charge in [-0.15, -0.1) is 0 Å². The highest BCUT2D eigenvalue weighted by atomic mass is 16.5. The highest BCUT2D eigenvalue weighted by Crippen LogP contribution is 2.31. The van der Waals surface area contributed by atoms with Crippen molar-refractivity contribution in [3.63, 3.8) is 0 Å². The number of carbonyl (C=O) groups is 2. The molecule has 0 saturated heterocycles. The molecule has 36 heavy (non-hydrogen) atoms. The van der Waals surface area contributed by atoms with Gasteiger partial charge in [0.15, 0.2) is 11.9 Å². The van der Waals surface area contributed by atoms with Gasteiger partial charge in [0.2, 0.25) is 12.1 Å². The Morgan fingerprint density at radius 3 is 2.89 bits per heavy atom. The number of nitrogens with one attached hydrogen (secondary N) is 1. The second kappa shape index (κ2) is 9.52. The van der Waals surface area contributed by atoms with Crippen LogP contribution in [0.15, 0.2) is 41.9 Å². The van der Waals surface area contributed by atoms with Crippen LogP contribution in [0.2, 0.25) is 0 Å². The van der Waals surface area contributed by atoms with Crippen molar-refractivity contribution in [2.24, 2.45) is 16.9 Å². The van der Waals surface area contributed by atoms with Gasteiger partial charge in [0.25, 0.3) is 5.91 Å². The number of benzene rings is 1. The number of rotatable bonds is 5. The van der Waals surface area contributed by atoms with Crippen molar-refractivity contribution in [2.45, 2.75) is 39.2 Å². The first kappa shape index (κ1) is 23.7. The Balaban J connectivity index is 1.38. The quantitative estimate of drug-likeness (QED) is 0.550. The minimum absolute atomic E-state index is 0.111. The fraction of sp³-hybridized carbons (Fsp3) is 0.385. The van der Waals surface area contributed by atoms with Crippen LogP contribution in [0.5, 0.6) is 5.75 Å². The lowest BCUT2D eigenvalue weighted by Crippen LogP contribution is -2.41. The molecular weight excluding hydrogens is 458 g/mol. The molecule has 1 fully saturated rings. The van der Waals surface area contributed by atoms with Gasteiger partial charge in [-0.1, -0.05) is 11.6 Å². The summed E-state index contributed by atoms with van der Waals surface area (Å²) < 4.78 is 8.97. The molecule has 2 aromatic heterocycles. The fourth-order valence-corrected chi connectivity index (χ4v) is 5.02. The topological polar surface area (TPSA) is 104 Å². The predicted molar refractivity (Wildman–Crippen MR) is 134 cm³/mol. The van der Waals surface area contributed by atoms with E-state index in [0.29, 0.717) is 34.5 Å². The van der Waals surface area contributed by atoms with Gasteiger partial charge in [-0.3, -0.25) is 9.59 Å². The minimum atomic E-state index is -0.312. The van der Waals surface area contributed by atoms with E-state index in [0.717, 1.165) is 29.8 Å². The Hall–Kier alpha value is -4.08. The normalized spacial score (nSPS) is 22.0. The molecule has 2 amide bonds. The van der Waals surface area contributed by atoms with Gasteiger partial charge in [-0.25, -0.2) is 9.50 Å². The maximum absolute atomic E-state index is 13.2. The van der Waals surface area contributed by atoms with Crippen molar-refractivity contribution in [2.75, 3.05) is 19.5 Å². The summed E-state index contributed by atoms with van der Waals surface area (Å²) in [5, 5.41) is 13.4. The fourth-order valence-electron chi connectivity index (χ4n) is 5.02. The number of nitrogens with zero attached hydrogens (tertiary/aromatic N) is 6. The van der Waals surface area contributed by atoms with Crippen LogP contribution in [0.3, 0.4) is 0 Å². The van der Waals surface area contributed by atoms with Gasteiger partial charge < -0.3 is 15.0 Å². The third kappa shape index (κ3) is 4.46. The largest absolute Gasteiger partial charge is 0.496 e. The third-order valence-electron chi connectivity index (χ3n) is 7.21. The standard InChI is InChI=1S/C26H29N7O3/c1-16-10-20(31(3)17(2)34)7-6-18(16)14-32-15-19-11-21(24(36-4)12-22(19)30-32)26(35)29-23-13-28-33-9-5-8-27-25(23)33/h5,8-9,11-16,18,20H,6-7,10H2,1-4H3/p+1/b32-14-/t16-,18?,20?/m0/s1. The summed E-state index contributed by atoms with van der Waals surface area (Å²) in [5.74, 6) is 1.01. The number of anilines is 1. The molecule has 0 radical (unpaired) electrons. The lowest BCUT2D eigenvalue weighted by molar-refractivity contribution is -0.424. The summed E-state index contributed by atoms with van der Waals surface area (Å²) in [6.45, 7) is 3.85. The summed E-state index contributed by atoms with van der Waals surface area (Å²) in [7, 11) is 3.42. The van der Waals surface area contributed by atoms with Crippen molar-refractivity contribution in [3.05, 3.63) is 52.9 Å². The molecule has 2 aliphatic rings. The van der Waals surface area contributed by atoms with Crippen molar-refractivity contribution in [1.29, 1.82) is 0 Å². The van der Waals surface area contributed by atoms with Crippen LogP contribution in [0, 0.1) is 11.8 Å². The number of amides is 2. The van der Waals surface area contributed by atoms with Crippen LogP contribution in [0.1, 0.15) is 43.5 Å². The van der Waals surface area contributed by atoms with Crippen LogP contribution in [0.4, 0.5) is 5.69 Å². The first-order valence-corrected chi connectivity index (χ1v) is 12.1. The second-order valence-corrected chi connectivity index (χ2v) is 9.51. The van der Waals surface area contributed by atoms with Gasteiger partial charge in [0.1, 0.15) is 16.8 Å². The molecule has 0 bridgehead atoms. The van der Waals surface area contributed by atoms with Gasteiger partial charge >= 0.3 is 0 Å². The molecule has 5 rings (SSSR count). The Bertz CT molecular complexity index is 1490. The first-order chi connectivity index (χ1) is 17.3. The van der Waals surface area contributed by atoms with E-state index in [1.807, 2.05) is 22.8 Å². The smallest absolute Gasteiger partial charge is 0.259 e. The van der Waals surface area contributed by atoms with E-state index in [-0.39, 0.29) is 17.9 Å². The summed E-state index contributed by atoms with van der Waals surface area (Å²) in [6, 6.07) is 5.63. The minimum Gasteiger partial charge on any atom is -0.496 e. The van der Waals surface area contributed by atoms with E-state index in [1.165, 1.54) is 7.11 Å². The van der Waals surface area contributed by atoms with Crippen LogP contribution in [0.25, 0.3) is 11.8 Å². The van der Waals surface area contributed by atoms with Crippen LogP contribution >= 0.6 is 0 Å². The maximum Gasteiger partial charge on any atom is 0.259 e. The van der Waals surface area contributed by atoms with Crippen molar-refractivity contribution < 1.29 is 19.0 Å². The second-order valence-electron chi connectivity index (χ2n) is 9.51. The van der Waals surface area contributed by atoms with E-state index in [1.54, 1.807) is 48.2 Å². The molecule has 3 aromatic rings. The molecule has 1 aliphatic carbocycles. The Morgan fingerprint density at radius 1 is 1.31 bits per heavy atom.